The Labute approximate surface area is 233 Å². The molecule has 7 heteroatoms. The highest BCUT2D eigenvalue weighted by Crippen LogP contribution is 2.45. The number of piperidine rings is 2. The maximum Gasteiger partial charge on any atom is 0.245 e. The predicted molar refractivity (Wildman–Crippen MR) is 153 cm³/mol. The first-order valence-corrected chi connectivity index (χ1v) is 15.6. The van der Waals surface area contributed by atoms with Gasteiger partial charge in [-0.25, -0.2) is 0 Å². The van der Waals surface area contributed by atoms with Gasteiger partial charge in [0.15, 0.2) is 0 Å². The van der Waals surface area contributed by atoms with Gasteiger partial charge in [0.1, 0.15) is 6.04 Å². The van der Waals surface area contributed by atoms with Gasteiger partial charge in [-0.3, -0.25) is 9.59 Å². The lowest BCUT2D eigenvalue weighted by molar-refractivity contribution is -0.139. The molecule has 2 saturated heterocycles. The summed E-state index contributed by atoms with van der Waals surface area (Å²) in [6.45, 7) is 3.07. The fraction of sp³-hybridized carbons (Fsp3) is 0.742. The van der Waals surface area contributed by atoms with Gasteiger partial charge in [-0.1, -0.05) is 62.3 Å². The summed E-state index contributed by atoms with van der Waals surface area (Å²) in [6, 6.07) is 6.83. The predicted octanol–water partition coefficient (Wildman–Crippen LogP) is 4.68. The van der Waals surface area contributed by atoms with E-state index in [9.17, 15) is 9.59 Å². The standard InChI is InChI=1S/C31H47ClN4O2/c32-26-12-10-22(11-13-26)18-28(35-29(37)27-19-23-6-4-5-7-24(23)20-34-27)30(38)36-16-14-31(21-33,15-17-36)25-8-2-1-3-9-25/h10-13,23-25,27-28,34H,1-9,14-21,33H2,(H,35,37). The van der Waals surface area contributed by atoms with Gasteiger partial charge in [-0.2, -0.15) is 0 Å². The molecule has 210 valence electrons. The lowest BCUT2D eigenvalue weighted by Crippen LogP contribution is -2.59. The van der Waals surface area contributed by atoms with Crippen molar-refractivity contribution in [1.82, 2.24) is 15.5 Å². The van der Waals surface area contributed by atoms with E-state index in [1.54, 1.807) is 0 Å². The van der Waals surface area contributed by atoms with Crippen LogP contribution in [0, 0.1) is 23.2 Å². The van der Waals surface area contributed by atoms with Crippen LogP contribution >= 0.6 is 11.6 Å². The van der Waals surface area contributed by atoms with Gasteiger partial charge in [-0.15, -0.1) is 0 Å². The Hall–Kier alpha value is -1.63. The molecule has 2 saturated carbocycles. The van der Waals surface area contributed by atoms with Crippen molar-refractivity contribution < 1.29 is 9.59 Å². The highest BCUT2D eigenvalue weighted by molar-refractivity contribution is 6.30. The zero-order valence-electron chi connectivity index (χ0n) is 22.9. The summed E-state index contributed by atoms with van der Waals surface area (Å²) >= 11 is 6.12. The zero-order valence-corrected chi connectivity index (χ0v) is 23.7. The Kier molecular flexibility index (Phi) is 9.33. The maximum atomic E-state index is 13.9. The van der Waals surface area contributed by atoms with E-state index in [-0.39, 0.29) is 23.3 Å². The summed E-state index contributed by atoms with van der Waals surface area (Å²) in [7, 11) is 0. The van der Waals surface area contributed by atoms with Crippen LogP contribution in [0.25, 0.3) is 0 Å². The van der Waals surface area contributed by atoms with E-state index in [1.807, 2.05) is 29.2 Å². The number of carbonyl (C=O) groups excluding carboxylic acids is 2. The summed E-state index contributed by atoms with van der Waals surface area (Å²) < 4.78 is 0. The smallest absolute Gasteiger partial charge is 0.245 e. The van der Waals surface area contributed by atoms with Crippen LogP contribution in [0.4, 0.5) is 0 Å². The molecule has 4 fully saturated rings. The van der Waals surface area contributed by atoms with E-state index in [0.717, 1.165) is 44.5 Å². The molecule has 38 heavy (non-hydrogen) atoms. The van der Waals surface area contributed by atoms with E-state index in [2.05, 4.69) is 10.6 Å². The Morgan fingerprint density at radius 2 is 1.66 bits per heavy atom. The SMILES string of the molecule is NCC1(C2CCCCC2)CCN(C(=O)C(Cc2ccc(Cl)cc2)NC(=O)C2CC3CCCCC3CN2)CC1. The Morgan fingerprint density at radius 3 is 2.34 bits per heavy atom. The second kappa shape index (κ2) is 12.7. The third kappa shape index (κ3) is 6.39. The highest BCUT2D eigenvalue weighted by Gasteiger charge is 2.43. The number of carbonyl (C=O) groups is 2. The first-order chi connectivity index (χ1) is 18.5. The number of likely N-dealkylation sites (tertiary alicyclic amines) is 1. The fourth-order valence-electron chi connectivity index (χ4n) is 7.96. The molecule has 4 atom stereocenters. The Bertz CT molecular complexity index is 940. The molecule has 6 nitrogen and oxygen atoms in total. The normalized spacial score (nSPS) is 28.8. The quantitative estimate of drug-likeness (QED) is 0.466. The molecule has 2 aliphatic heterocycles. The topological polar surface area (TPSA) is 87.5 Å². The monoisotopic (exact) mass is 542 g/mol. The van der Waals surface area contributed by atoms with Crippen LogP contribution in [-0.4, -0.2) is 55.0 Å². The van der Waals surface area contributed by atoms with Crippen molar-refractivity contribution >= 4 is 23.4 Å². The van der Waals surface area contributed by atoms with E-state index in [1.165, 1.54) is 57.8 Å². The van der Waals surface area contributed by atoms with Crippen molar-refractivity contribution in [2.75, 3.05) is 26.2 Å². The minimum absolute atomic E-state index is 0.0307. The molecule has 4 N–H and O–H groups in total. The zero-order chi connectivity index (χ0) is 26.5. The number of fused-ring (bicyclic) bond motifs is 1. The van der Waals surface area contributed by atoms with Gasteiger partial charge in [0, 0.05) is 24.5 Å². The lowest BCUT2D eigenvalue weighted by Gasteiger charge is -2.48. The van der Waals surface area contributed by atoms with Crippen LogP contribution in [0.1, 0.15) is 82.6 Å². The third-order valence-electron chi connectivity index (χ3n) is 10.5. The Balaban J connectivity index is 1.25. The number of hydrogen-bond donors (Lipinski definition) is 3. The number of nitrogens with one attached hydrogen (secondary N) is 2. The van der Waals surface area contributed by atoms with Crippen molar-refractivity contribution in [1.29, 1.82) is 0 Å². The summed E-state index contributed by atoms with van der Waals surface area (Å²) in [4.78, 5) is 29.4. The average Bonchev–Trinajstić information content (AvgIpc) is 2.97. The first-order valence-electron chi connectivity index (χ1n) is 15.2. The van der Waals surface area contributed by atoms with Crippen molar-refractivity contribution in [2.24, 2.45) is 28.9 Å². The molecule has 1 aromatic rings. The van der Waals surface area contributed by atoms with Crippen LogP contribution in [0.15, 0.2) is 24.3 Å². The van der Waals surface area contributed by atoms with Crippen LogP contribution in [0.5, 0.6) is 0 Å². The van der Waals surface area contributed by atoms with Crippen molar-refractivity contribution in [3.63, 3.8) is 0 Å². The molecule has 0 bridgehead atoms. The van der Waals surface area contributed by atoms with Gasteiger partial charge < -0.3 is 21.3 Å². The molecular weight excluding hydrogens is 496 g/mol. The van der Waals surface area contributed by atoms with Gasteiger partial charge in [0.05, 0.1) is 6.04 Å². The summed E-state index contributed by atoms with van der Waals surface area (Å²) in [5, 5.41) is 7.36. The molecule has 4 aliphatic rings. The molecule has 0 radical (unpaired) electrons. The van der Waals surface area contributed by atoms with Gasteiger partial charge in [-0.05, 0) is 92.5 Å². The summed E-state index contributed by atoms with van der Waals surface area (Å²) in [5.74, 6) is 2.01. The number of halogens is 1. The van der Waals surface area contributed by atoms with E-state index in [4.69, 9.17) is 17.3 Å². The Morgan fingerprint density at radius 1 is 1.00 bits per heavy atom. The number of benzene rings is 1. The molecule has 2 aliphatic carbocycles. The lowest BCUT2D eigenvalue weighted by atomic mass is 9.64. The van der Waals surface area contributed by atoms with E-state index in [0.29, 0.717) is 35.7 Å². The molecule has 0 spiro atoms. The van der Waals surface area contributed by atoms with Crippen LogP contribution in [0.3, 0.4) is 0 Å². The second-order valence-electron chi connectivity index (χ2n) is 12.6. The molecule has 4 unspecified atom stereocenters. The van der Waals surface area contributed by atoms with Gasteiger partial charge >= 0.3 is 0 Å². The fourth-order valence-corrected chi connectivity index (χ4v) is 8.08. The van der Waals surface area contributed by atoms with Gasteiger partial charge in [0.25, 0.3) is 0 Å². The van der Waals surface area contributed by atoms with Crippen LogP contribution in [-0.2, 0) is 16.0 Å². The number of rotatable bonds is 7. The van der Waals surface area contributed by atoms with E-state index < -0.39 is 6.04 Å². The van der Waals surface area contributed by atoms with Crippen molar-refractivity contribution in [3.8, 4) is 0 Å². The number of nitrogens with zero attached hydrogens (tertiary/aromatic N) is 1. The van der Waals surface area contributed by atoms with Gasteiger partial charge in [0.2, 0.25) is 11.8 Å². The molecule has 2 heterocycles. The minimum Gasteiger partial charge on any atom is -0.343 e. The average molecular weight is 543 g/mol. The summed E-state index contributed by atoms with van der Waals surface area (Å²) in [5.41, 5.74) is 7.55. The maximum absolute atomic E-state index is 13.9. The largest absolute Gasteiger partial charge is 0.343 e. The minimum atomic E-state index is -0.574. The first kappa shape index (κ1) is 27.9. The van der Waals surface area contributed by atoms with E-state index >= 15 is 0 Å². The molecule has 0 aromatic heterocycles. The molecule has 5 rings (SSSR count). The summed E-state index contributed by atoms with van der Waals surface area (Å²) in [6.07, 6.45) is 14.9. The molecule has 1 aromatic carbocycles. The highest BCUT2D eigenvalue weighted by atomic mass is 35.5. The molecule has 2 amide bonds. The van der Waals surface area contributed by atoms with Crippen LogP contribution < -0.4 is 16.4 Å². The molecular formula is C31H47ClN4O2. The number of hydrogen-bond acceptors (Lipinski definition) is 4. The van der Waals surface area contributed by atoms with Crippen molar-refractivity contribution in [2.45, 2.75) is 95.6 Å². The van der Waals surface area contributed by atoms with Crippen molar-refractivity contribution in [3.05, 3.63) is 34.9 Å². The third-order valence-corrected chi connectivity index (χ3v) is 10.7. The second-order valence-corrected chi connectivity index (χ2v) is 13.1. The number of nitrogens with two attached hydrogens (primary N) is 1. The number of amides is 2. The van der Waals surface area contributed by atoms with Crippen LogP contribution in [0.2, 0.25) is 5.02 Å².